The number of amides is 1. The molecule has 5 nitrogen and oxygen atoms in total. The Labute approximate surface area is 173 Å². The van der Waals surface area contributed by atoms with Crippen molar-refractivity contribution in [3.63, 3.8) is 0 Å². The number of carbonyl (C=O) groups excluding carboxylic acids is 1. The third-order valence-corrected chi connectivity index (χ3v) is 5.89. The highest BCUT2D eigenvalue weighted by atomic mass is 32.1. The largest absolute Gasteiger partial charge is 0.497 e. The van der Waals surface area contributed by atoms with Gasteiger partial charge in [0.1, 0.15) is 11.5 Å². The van der Waals surface area contributed by atoms with E-state index in [2.05, 4.69) is 13.0 Å². The molecule has 0 N–H and O–H groups in total. The Bertz CT molecular complexity index is 1150. The van der Waals surface area contributed by atoms with Crippen molar-refractivity contribution in [2.45, 2.75) is 26.8 Å². The number of carbonyl (C=O) groups is 1. The molecule has 29 heavy (non-hydrogen) atoms. The van der Waals surface area contributed by atoms with Crippen LogP contribution in [0, 0.1) is 13.8 Å². The maximum atomic E-state index is 13.3. The second-order valence-electron chi connectivity index (χ2n) is 7.00. The van der Waals surface area contributed by atoms with Crippen molar-refractivity contribution in [3.8, 4) is 5.75 Å². The lowest BCUT2D eigenvalue weighted by atomic mass is 10.0. The lowest BCUT2D eigenvalue weighted by Gasteiger charge is -2.19. The van der Waals surface area contributed by atoms with Crippen LogP contribution in [-0.4, -0.2) is 18.0 Å². The van der Waals surface area contributed by atoms with E-state index in [-0.39, 0.29) is 5.91 Å². The van der Waals surface area contributed by atoms with E-state index in [0.29, 0.717) is 18.1 Å². The average Bonchev–Trinajstić information content (AvgIpc) is 3.36. The molecule has 4 rings (SSSR count). The molecule has 0 atom stereocenters. The van der Waals surface area contributed by atoms with Crippen LogP contribution in [0.1, 0.15) is 22.5 Å². The van der Waals surface area contributed by atoms with Crippen molar-refractivity contribution in [2.24, 2.45) is 0 Å². The molecule has 6 heteroatoms. The molecule has 148 valence electrons. The Morgan fingerprint density at radius 2 is 2.03 bits per heavy atom. The summed E-state index contributed by atoms with van der Waals surface area (Å²) in [6.45, 7) is 4.43. The normalized spacial score (nSPS) is 11.0. The van der Waals surface area contributed by atoms with Crippen LogP contribution in [-0.2, 0) is 17.8 Å². The predicted octanol–water partition coefficient (Wildman–Crippen LogP) is 5.29. The lowest BCUT2D eigenvalue weighted by Crippen LogP contribution is -2.31. The minimum Gasteiger partial charge on any atom is -0.497 e. The van der Waals surface area contributed by atoms with Gasteiger partial charge in [0.05, 0.1) is 36.6 Å². The number of aryl methyl sites for hydroxylation is 2. The van der Waals surface area contributed by atoms with Crippen molar-refractivity contribution in [2.75, 3.05) is 12.0 Å². The number of anilines is 1. The summed E-state index contributed by atoms with van der Waals surface area (Å²) in [6, 6.07) is 15.6. The molecule has 1 amide bonds. The van der Waals surface area contributed by atoms with Crippen LogP contribution in [0.15, 0.2) is 59.2 Å². The smallest absolute Gasteiger partial charge is 0.233 e. The number of benzene rings is 2. The summed E-state index contributed by atoms with van der Waals surface area (Å²) in [4.78, 5) is 19.7. The third kappa shape index (κ3) is 4.17. The number of furan rings is 1. The SMILES string of the molecule is COc1ccc2nc(N(Cc3ccco3)C(=O)Cc3ccc(C)cc3C)sc2c1. The molecule has 0 fully saturated rings. The summed E-state index contributed by atoms with van der Waals surface area (Å²) in [5.41, 5.74) is 4.17. The summed E-state index contributed by atoms with van der Waals surface area (Å²) in [7, 11) is 1.64. The Hall–Kier alpha value is -3.12. The van der Waals surface area contributed by atoms with Gasteiger partial charge in [0.15, 0.2) is 5.13 Å². The van der Waals surface area contributed by atoms with Gasteiger partial charge in [0.2, 0.25) is 5.91 Å². The topological polar surface area (TPSA) is 55.6 Å². The Morgan fingerprint density at radius 1 is 1.17 bits per heavy atom. The van der Waals surface area contributed by atoms with E-state index >= 15 is 0 Å². The molecular weight excluding hydrogens is 384 g/mol. The van der Waals surface area contributed by atoms with Gasteiger partial charge in [-0.05, 0) is 55.3 Å². The standard InChI is InChI=1S/C23H22N2O3S/c1-15-6-7-17(16(2)11-15)12-22(26)25(14-19-5-4-10-28-19)23-24-20-9-8-18(27-3)13-21(20)29-23/h4-11,13H,12,14H2,1-3H3. The van der Waals surface area contributed by atoms with Gasteiger partial charge in [-0.2, -0.15) is 0 Å². The van der Waals surface area contributed by atoms with E-state index < -0.39 is 0 Å². The molecule has 0 saturated heterocycles. The van der Waals surface area contributed by atoms with Crippen LogP contribution in [0.4, 0.5) is 5.13 Å². The number of hydrogen-bond donors (Lipinski definition) is 0. The first-order valence-corrected chi connectivity index (χ1v) is 10.2. The first-order valence-electron chi connectivity index (χ1n) is 9.37. The highest BCUT2D eigenvalue weighted by Crippen LogP contribution is 2.32. The summed E-state index contributed by atoms with van der Waals surface area (Å²) >= 11 is 1.47. The molecule has 2 heterocycles. The van der Waals surface area contributed by atoms with Crippen molar-refractivity contribution in [3.05, 3.63) is 77.2 Å². The molecule has 0 bridgehead atoms. The number of methoxy groups -OCH3 is 1. The molecule has 0 unspecified atom stereocenters. The van der Waals surface area contributed by atoms with Gasteiger partial charge in [-0.25, -0.2) is 4.98 Å². The lowest BCUT2D eigenvalue weighted by molar-refractivity contribution is -0.118. The Kier molecular flexibility index (Phi) is 5.36. The molecule has 0 radical (unpaired) electrons. The first-order chi connectivity index (χ1) is 14.0. The maximum Gasteiger partial charge on any atom is 0.233 e. The number of nitrogens with zero attached hydrogens (tertiary/aromatic N) is 2. The fourth-order valence-electron chi connectivity index (χ4n) is 3.26. The highest BCUT2D eigenvalue weighted by molar-refractivity contribution is 7.22. The minimum absolute atomic E-state index is 0.0145. The van der Waals surface area contributed by atoms with Crippen molar-refractivity contribution in [1.29, 1.82) is 0 Å². The van der Waals surface area contributed by atoms with Gasteiger partial charge in [0, 0.05) is 0 Å². The molecular formula is C23H22N2O3S. The monoisotopic (exact) mass is 406 g/mol. The number of thiazole rings is 1. The number of hydrogen-bond acceptors (Lipinski definition) is 5. The van der Waals surface area contributed by atoms with E-state index in [4.69, 9.17) is 14.1 Å². The fraction of sp³-hybridized carbons (Fsp3) is 0.217. The zero-order chi connectivity index (χ0) is 20.4. The summed E-state index contributed by atoms with van der Waals surface area (Å²) in [5, 5.41) is 0.652. The van der Waals surface area contributed by atoms with E-state index in [1.807, 2.05) is 49.4 Å². The minimum atomic E-state index is -0.0145. The van der Waals surface area contributed by atoms with Crippen molar-refractivity contribution >= 4 is 32.6 Å². The Morgan fingerprint density at radius 3 is 2.76 bits per heavy atom. The fourth-order valence-corrected chi connectivity index (χ4v) is 4.27. The van der Waals surface area contributed by atoms with Crippen LogP contribution in [0.5, 0.6) is 5.75 Å². The average molecular weight is 407 g/mol. The zero-order valence-electron chi connectivity index (χ0n) is 16.6. The number of fused-ring (bicyclic) bond motifs is 1. The summed E-state index contributed by atoms with van der Waals surface area (Å²) in [6.07, 6.45) is 1.93. The second kappa shape index (κ2) is 8.09. The van der Waals surface area contributed by atoms with Crippen LogP contribution < -0.4 is 9.64 Å². The van der Waals surface area contributed by atoms with Crippen LogP contribution in [0.25, 0.3) is 10.2 Å². The number of ether oxygens (including phenoxy) is 1. The van der Waals surface area contributed by atoms with Crippen molar-refractivity contribution in [1.82, 2.24) is 4.98 Å². The molecule has 0 aliphatic rings. The molecule has 0 aliphatic heterocycles. The molecule has 2 aromatic carbocycles. The van der Waals surface area contributed by atoms with Gasteiger partial charge in [-0.1, -0.05) is 35.1 Å². The predicted molar refractivity (Wildman–Crippen MR) is 116 cm³/mol. The quantitative estimate of drug-likeness (QED) is 0.436. The molecule has 0 aliphatic carbocycles. The van der Waals surface area contributed by atoms with E-state index in [1.165, 1.54) is 16.9 Å². The zero-order valence-corrected chi connectivity index (χ0v) is 17.5. The van der Waals surface area contributed by atoms with Gasteiger partial charge in [-0.3, -0.25) is 9.69 Å². The van der Waals surface area contributed by atoms with E-state index in [9.17, 15) is 4.79 Å². The van der Waals surface area contributed by atoms with Gasteiger partial charge < -0.3 is 9.15 Å². The Balaban J connectivity index is 1.68. The van der Waals surface area contributed by atoms with Crippen LogP contribution in [0.2, 0.25) is 0 Å². The maximum absolute atomic E-state index is 13.3. The van der Waals surface area contributed by atoms with E-state index in [1.54, 1.807) is 18.3 Å². The van der Waals surface area contributed by atoms with Crippen molar-refractivity contribution < 1.29 is 13.9 Å². The molecule has 4 aromatic rings. The third-order valence-electron chi connectivity index (χ3n) is 4.85. The summed E-state index contributed by atoms with van der Waals surface area (Å²) in [5.74, 6) is 1.47. The van der Waals surface area contributed by atoms with Gasteiger partial charge >= 0.3 is 0 Å². The van der Waals surface area contributed by atoms with Crippen LogP contribution >= 0.6 is 11.3 Å². The highest BCUT2D eigenvalue weighted by Gasteiger charge is 2.22. The molecule has 0 saturated carbocycles. The summed E-state index contributed by atoms with van der Waals surface area (Å²) < 4.78 is 11.8. The van der Waals surface area contributed by atoms with Gasteiger partial charge in [-0.15, -0.1) is 0 Å². The number of aromatic nitrogens is 1. The first kappa shape index (κ1) is 19.2. The second-order valence-corrected chi connectivity index (χ2v) is 8.01. The van der Waals surface area contributed by atoms with Crippen LogP contribution in [0.3, 0.4) is 0 Å². The number of rotatable bonds is 6. The van der Waals surface area contributed by atoms with Gasteiger partial charge in [0.25, 0.3) is 0 Å². The van der Waals surface area contributed by atoms with E-state index in [0.717, 1.165) is 32.9 Å². The molecule has 0 spiro atoms. The molecule has 2 aromatic heterocycles.